The van der Waals surface area contributed by atoms with Crippen LogP contribution in [-0.4, -0.2) is 13.1 Å². The Labute approximate surface area is 98.3 Å². The Kier molecular flexibility index (Phi) is 2.96. The molecule has 86 valence electrons. The van der Waals surface area contributed by atoms with Crippen LogP contribution in [0.3, 0.4) is 0 Å². The van der Waals surface area contributed by atoms with Gasteiger partial charge in [-0.15, -0.1) is 0 Å². The van der Waals surface area contributed by atoms with E-state index in [1.165, 1.54) is 38.8 Å². The van der Waals surface area contributed by atoms with E-state index < -0.39 is 0 Å². The molecule has 0 aromatic heterocycles. The molecule has 2 unspecified atom stereocenters. The minimum Gasteiger partial charge on any atom is -0.316 e. The van der Waals surface area contributed by atoms with E-state index in [-0.39, 0.29) is 0 Å². The van der Waals surface area contributed by atoms with Gasteiger partial charge in [0, 0.05) is 0 Å². The van der Waals surface area contributed by atoms with Gasteiger partial charge < -0.3 is 5.32 Å². The van der Waals surface area contributed by atoms with Gasteiger partial charge in [-0.25, -0.2) is 0 Å². The summed E-state index contributed by atoms with van der Waals surface area (Å²) in [6.45, 7) is 2.51. The van der Waals surface area contributed by atoms with Crippen molar-refractivity contribution in [3.63, 3.8) is 0 Å². The first kappa shape index (κ1) is 10.3. The highest BCUT2D eigenvalue weighted by atomic mass is 14.9. The van der Waals surface area contributed by atoms with Gasteiger partial charge in [-0.2, -0.15) is 0 Å². The highest BCUT2D eigenvalue weighted by Gasteiger charge is 2.32. The average Bonchev–Trinajstić information content (AvgIpc) is 2.39. The van der Waals surface area contributed by atoms with E-state index in [0.29, 0.717) is 0 Å². The third-order valence-corrected chi connectivity index (χ3v) is 4.51. The average molecular weight is 215 g/mol. The summed E-state index contributed by atoms with van der Waals surface area (Å²) in [5.74, 6) is 2.77. The van der Waals surface area contributed by atoms with Gasteiger partial charge in [0.25, 0.3) is 0 Å². The molecule has 1 aromatic carbocycles. The van der Waals surface area contributed by atoms with E-state index in [0.717, 1.165) is 17.8 Å². The first-order valence-corrected chi connectivity index (χ1v) is 6.69. The second-order valence-electron chi connectivity index (χ2n) is 5.43. The standard InChI is InChI=1S/C15H21N/c1-2-4-12(5-3-1)14-7-6-13-8-9-16-11-15(13)10-14/h1-5,13-16H,6-11H2/t13?,14?,15-/m0/s1. The first-order chi connectivity index (χ1) is 7.93. The zero-order valence-corrected chi connectivity index (χ0v) is 9.86. The molecule has 0 radical (unpaired) electrons. The lowest BCUT2D eigenvalue weighted by Crippen LogP contribution is -2.39. The number of hydrogen-bond donors (Lipinski definition) is 1. The van der Waals surface area contributed by atoms with E-state index in [4.69, 9.17) is 0 Å². The molecule has 1 nitrogen and oxygen atoms in total. The Morgan fingerprint density at radius 3 is 2.69 bits per heavy atom. The van der Waals surface area contributed by atoms with Crippen LogP contribution in [0, 0.1) is 11.8 Å². The summed E-state index contributed by atoms with van der Waals surface area (Å²) in [6.07, 6.45) is 5.67. The Bertz CT molecular complexity index is 333. The van der Waals surface area contributed by atoms with Crippen molar-refractivity contribution >= 4 is 0 Å². The molecule has 2 fully saturated rings. The molecule has 1 heterocycles. The molecule has 1 N–H and O–H groups in total. The van der Waals surface area contributed by atoms with Crippen LogP contribution in [0.5, 0.6) is 0 Å². The van der Waals surface area contributed by atoms with Crippen LogP contribution in [0.25, 0.3) is 0 Å². The van der Waals surface area contributed by atoms with Crippen molar-refractivity contribution in [2.75, 3.05) is 13.1 Å². The number of benzene rings is 1. The van der Waals surface area contributed by atoms with Crippen LogP contribution in [-0.2, 0) is 0 Å². The summed E-state index contributed by atoms with van der Waals surface area (Å²) in [6, 6.07) is 11.1. The third-order valence-electron chi connectivity index (χ3n) is 4.51. The molecule has 16 heavy (non-hydrogen) atoms. The molecule has 1 saturated carbocycles. The van der Waals surface area contributed by atoms with Gasteiger partial charge in [-0.3, -0.25) is 0 Å². The van der Waals surface area contributed by atoms with Crippen molar-refractivity contribution in [3.05, 3.63) is 35.9 Å². The largest absolute Gasteiger partial charge is 0.316 e. The van der Waals surface area contributed by atoms with Gasteiger partial charge in [-0.1, -0.05) is 30.3 Å². The van der Waals surface area contributed by atoms with Crippen LogP contribution < -0.4 is 5.32 Å². The van der Waals surface area contributed by atoms with Crippen LogP contribution >= 0.6 is 0 Å². The van der Waals surface area contributed by atoms with Crippen LogP contribution in [0.4, 0.5) is 0 Å². The van der Waals surface area contributed by atoms with E-state index in [9.17, 15) is 0 Å². The zero-order chi connectivity index (χ0) is 10.8. The number of nitrogens with one attached hydrogen (secondary N) is 1. The SMILES string of the molecule is c1ccc(C2CCC3CCNC[C@@H]3C2)cc1. The third kappa shape index (κ3) is 2.01. The maximum Gasteiger partial charge on any atom is -0.00176 e. The predicted molar refractivity (Wildman–Crippen MR) is 67.5 cm³/mol. The van der Waals surface area contributed by atoms with Gasteiger partial charge in [0.15, 0.2) is 0 Å². The summed E-state index contributed by atoms with van der Waals surface area (Å²) in [4.78, 5) is 0. The van der Waals surface area contributed by atoms with Gasteiger partial charge >= 0.3 is 0 Å². The monoisotopic (exact) mass is 215 g/mol. The normalized spacial score (nSPS) is 34.4. The van der Waals surface area contributed by atoms with Crippen molar-refractivity contribution in [1.29, 1.82) is 0 Å². The molecular weight excluding hydrogens is 194 g/mol. The number of piperidine rings is 1. The number of fused-ring (bicyclic) bond motifs is 1. The molecule has 3 rings (SSSR count). The van der Waals surface area contributed by atoms with Crippen LogP contribution in [0.1, 0.15) is 37.2 Å². The molecule has 0 amide bonds. The molecular formula is C15H21N. The van der Waals surface area contributed by atoms with Crippen molar-refractivity contribution in [2.45, 2.75) is 31.6 Å². The minimum absolute atomic E-state index is 0.822. The highest BCUT2D eigenvalue weighted by Crippen LogP contribution is 2.41. The number of hydrogen-bond acceptors (Lipinski definition) is 1. The summed E-state index contributed by atoms with van der Waals surface area (Å²) in [7, 11) is 0. The predicted octanol–water partition coefficient (Wildman–Crippen LogP) is 3.18. The van der Waals surface area contributed by atoms with E-state index in [1.807, 2.05) is 0 Å². The van der Waals surface area contributed by atoms with Gasteiger partial charge in [-0.05, 0) is 62.1 Å². The Hall–Kier alpha value is -0.820. The van der Waals surface area contributed by atoms with Gasteiger partial charge in [0.1, 0.15) is 0 Å². The lowest BCUT2D eigenvalue weighted by molar-refractivity contribution is 0.169. The maximum absolute atomic E-state index is 3.56. The second kappa shape index (κ2) is 4.58. The molecule has 1 heteroatoms. The Morgan fingerprint density at radius 1 is 0.938 bits per heavy atom. The summed E-state index contributed by atoms with van der Waals surface area (Å²) < 4.78 is 0. The fraction of sp³-hybridized carbons (Fsp3) is 0.600. The molecule has 0 bridgehead atoms. The van der Waals surface area contributed by atoms with Crippen LogP contribution in [0.2, 0.25) is 0 Å². The van der Waals surface area contributed by atoms with Crippen molar-refractivity contribution in [2.24, 2.45) is 11.8 Å². The quantitative estimate of drug-likeness (QED) is 0.758. The maximum atomic E-state index is 3.56. The molecule has 1 aromatic rings. The molecule has 3 atom stereocenters. The minimum atomic E-state index is 0.822. The zero-order valence-electron chi connectivity index (χ0n) is 9.86. The van der Waals surface area contributed by atoms with Gasteiger partial charge in [0.05, 0.1) is 0 Å². The fourth-order valence-corrected chi connectivity index (χ4v) is 3.56. The Balaban J connectivity index is 1.71. The highest BCUT2D eigenvalue weighted by molar-refractivity contribution is 5.20. The fourth-order valence-electron chi connectivity index (χ4n) is 3.56. The van der Waals surface area contributed by atoms with Crippen molar-refractivity contribution < 1.29 is 0 Å². The van der Waals surface area contributed by atoms with Gasteiger partial charge in [0.2, 0.25) is 0 Å². The molecule has 0 spiro atoms. The topological polar surface area (TPSA) is 12.0 Å². The lowest BCUT2D eigenvalue weighted by atomic mass is 9.69. The Morgan fingerprint density at radius 2 is 1.81 bits per heavy atom. The van der Waals surface area contributed by atoms with Crippen LogP contribution in [0.15, 0.2) is 30.3 Å². The van der Waals surface area contributed by atoms with E-state index in [1.54, 1.807) is 5.56 Å². The summed E-state index contributed by atoms with van der Waals surface area (Å²) in [5, 5.41) is 3.56. The van der Waals surface area contributed by atoms with Crippen molar-refractivity contribution in [1.82, 2.24) is 5.32 Å². The second-order valence-corrected chi connectivity index (χ2v) is 5.43. The van der Waals surface area contributed by atoms with E-state index in [2.05, 4.69) is 35.6 Å². The summed E-state index contributed by atoms with van der Waals surface area (Å²) >= 11 is 0. The first-order valence-electron chi connectivity index (χ1n) is 6.69. The molecule has 2 aliphatic rings. The van der Waals surface area contributed by atoms with E-state index >= 15 is 0 Å². The summed E-state index contributed by atoms with van der Waals surface area (Å²) in [5.41, 5.74) is 1.56. The molecule has 1 aliphatic heterocycles. The smallest absolute Gasteiger partial charge is 0.00176 e. The van der Waals surface area contributed by atoms with Crippen molar-refractivity contribution in [3.8, 4) is 0 Å². The lowest BCUT2D eigenvalue weighted by Gasteiger charge is -2.39. The molecule has 1 saturated heterocycles. The number of rotatable bonds is 1. The molecule has 1 aliphatic carbocycles.